The zero-order valence-corrected chi connectivity index (χ0v) is 17.6. The maximum atomic E-state index is 6.44. The van der Waals surface area contributed by atoms with Crippen LogP contribution in [0.4, 0.5) is 17.3 Å². The summed E-state index contributed by atoms with van der Waals surface area (Å²) in [5.41, 5.74) is 9.10. The Morgan fingerprint density at radius 3 is 2.69 bits per heavy atom. The molecule has 152 valence electrons. The number of imidazole rings is 1. The van der Waals surface area contributed by atoms with E-state index in [9.17, 15) is 0 Å². The van der Waals surface area contributed by atoms with E-state index >= 15 is 0 Å². The summed E-state index contributed by atoms with van der Waals surface area (Å²) in [6.07, 6.45) is 11.5. The molecule has 0 radical (unpaired) electrons. The molecule has 2 aromatic heterocycles. The first kappa shape index (κ1) is 19.0. The molecular formula is C21H24Cl2N6. The van der Waals surface area contributed by atoms with Crippen molar-refractivity contribution in [2.45, 2.75) is 38.1 Å². The highest BCUT2D eigenvalue weighted by atomic mass is 35.5. The monoisotopic (exact) mass is 430 g/mol. The molecule has 2 aliphatic rings. The van der Waals surface area contributed by atoms with E-state index in [-0.39, 0.29) is 0 Å². The molecule has 1 saturated carbocycles. The Hall–Kier alpha value is -2.02. The predicted octanol–water partition coefficient (Wildman–Crippen LogP) is 4.88. The lowest BCUT2D eigenvalue weighted by molar-refractivity contribution is 0.197. The van der Waals surface area contributed by atoms with Gasteiger partial charge in [0.25, 0.3) is 0 Å². The van der Waals surface area contributed by atoms with Crippen LogP contribution < -0.4 is 16.0 Å². The number of nitrogens with one attached hydrogen (secondary N) is 1. The van der Waals surface area contributed by atoms with Crippen molar-refractivity contribution in [1.29, 1.82) is 0 Å². The first-order valence-corrected chi connectivity index (χ1v) is 10.9. The standard InChI is InChI=1S/C21H24Cl2N6/c22-14-3-1-4-15(18(14)23)27-16-13-26-20(29-12-9-25-19(16)29)28-10-7-21(8-11-28)6-2-5-17(21)24/h1,3-4,9,12-13,17,27H,2,5-8,10-11,24H2/t17-/m1/s1. The molecule has 29 heavy (non-hydrogen) atoms. The number of halogens is 2. The highest BCUT2D eigenvalue weighted by Crippen LogP contribution is 2.46. The van der Waals surface area contributed by atoms with Gasteiger partial charge in [-0.3, -0.25) is 4.40 Å². The molecule has 1 aromatic carbocycles. The van der Waals surface area contributed by atoms with Crippen LogP contribution >= 0.6 is 23.2 Å². The smallest absolute Gasteiger partial charge is 0.211 e. The molecule has 8 heteroatoms. The second-order valence-corrected chi connectivity index (χ2v) is 8.95. The molecule has 2 fully saturated rings. The largest absolute Gasteiger partial charge is 0.350 e. The number of fused-ring (bicyclic) bond motifs is 1. The topological polar surface area (TPSA) is 71.5 Å². The highest BCUT2D eigenvalue weighted by molar-refractivity contribution is 6.43. The first-order valence-electron chi connectivity index (χ1n) is 10.1. The fraction of sp³-hybridized carbons (Fsp3) is 0.429. The Morgan fingerprint density at radius 2 is 1.93 bits per heavy atom. The third-order valence-corrected chi connectivity index (χ3v) is 7.46. The van der Waals surface area contributed by atoms with E-state index in [4.69, 9.17) is 33.9 Å². The van der Waals surface area contributed by atoms with Crippen LogP contribution in [0, 0.1) is 5.41 Å². The van der Waals surface area contributed by atoms with Crippen molar-refractivity contribution in [3.05, 3.63) is 46.8 Å². The number of aromatic nitrogens is 3. The number of nitrogens with two attached hydrogens (primary N) is 1. The third-order valence-electron chi connectivity index (χ3n) is 6.65. The van der Waals surface area contributed by atoms with E-state index in [0.29, 0.717) is 21.5 Å². The second kappa shape index (κ2) is 7.35. The molecule has 1 spiro atoms. The van der Waals surface area contributed by atoms with Crippen LogP contribution in [0.2, 0.25) is 10.0 Å². The molecule has 1 aliphatic carbocycles. The van der Waals surface area contributed by atoms with Gasteiger partial charge < -0.3 is 16.0 Å². The summed E-state index contributed by atoms with van der Waals surface area (Å²) in [7, 11) is 0. The van der Waals surface area contributed by atoms with Gasteiger partial charge in [-0.25, -0.2) is 9.97 Å². The minimum absolute atomic E-state index is 0.329. The minimum Gasteiger partial charge on any atom is -0.350 e. The van der Waals surface area contributed by atoms with Crippen molar-refractivity contribution in [3.8, 4) is 0 Å². The lowest BCUT2D eigenvalue weighted by Crippen LogP contribution is -2.47. The van der Waals surface area contributed by atoms with E-state index < -0.39 is 0 Å². The maximum Gasteiger partial charge on any atom is 0.211 e. The molecule has 3 heterocycles. The van der Waals surface area contributed by atoms with Crippen molar-refractivity contribution in [3.63, 3.8) is 0 Å². The average molecular weight is 431 g/mol. The zero-order valence-electron chi connectivity index (χ0n) is 16.1. The quantitative estimate of drug-likeness (QED) is 0.619. The number of benzene rings is 1. The number of hydrogen-bond donors (Lipinski definition) is 2. The summed E-state index contributed by atoms with van der Waals surface area (Å²) >= 11 is 12.5. The summed E-state index contributed by atoms with van der Waals surface area (Å²) in [5.74, 6) is 0.918. The second-order valence-electron chi connectivity index (χ2n) is 8.17. The molecule has 1 aliphatic heterocycles. The van der Waals surface area contributed by atoms with Crippen LogP contribution in [0.3, 0.4) is 0 Å². The number of rotatable bonds is 3. The lowest BCUT2D eigenvalue weighted by Gasteiger charge is -2.42. The summed E-state index contributed by atoms with van der Waals surface area (Å²) in [6, 6.07) is 5.86. The molecule has 0 amide bonds. The van der Waals surface area contributed by atoms with Crippen molar-refractivity contribution in [2.75, 3.05) is 23.3 Å². The Kier molecular flexibility index (Phi) is 4.81. The molecule has 3 N–H and O–H groups in total. The van der Waals surface area contributed by atoms with Crippen molar-refractivity contribution >= 4 is 46.2 Å². The van der Waals surface area contributed by atoms with Gasteiger partial charge in [-0.05, 0) is 43.2 Å². The van der Waals surface area contributed by atoms with Crippen LogP contribution in [0.5, 0.6) is 0 Å². The number of anilines is 3. The molecule has 3 aromatic rings. The van der Waals surface area contributed by atoms with E-state index in [2.05, 4.69) is 15.2 Å². The molecule has 6 nitrogen and oxygen atoms in total. The zero-order chi connectivity index (χ0) is 20.0. The van der Waals surface area contributed by atoms with Gasteiger partial charge in [0.15, 0.2) is 5.65 Å². The van der Waals surface area contributed by atoms with Gasteiger partial charge in [0.2, 0.25) is 5.95 Å². The van der Waals surface area contributed by atoms with Crippen LogP contribution in [-0.4, -0.2) is 33.5 Å². The Labute approximate surface area is 180 Å². The van der Waals surface area contributed by atoms with Gasteiger partial charge in [0, 0.05) is 31.5 Å². The fourth-order valence-electron chi connectivity index (χ4n) is 4.91. The SMILES string of the molecule is N[C@@H]1CCCC12CCN(c1ncc(Nc3cccc(Cl)c3Cl)c3nccn13)CC2. The van der Waals surface area contributed by atoms with Gasteiger partial charge >= 0.3 is 0 Å². The summed E-state index contributed by atoms with van der Waals surface area (Å²) in [6.45, 7) is 1.95. The molecule has 1 atom stereocenters. The number of hydrogen-bond acceptors (Lipinski definition) is 5. The fourth-order valence-corrected chi connectivity index (χ4v) is 5.26. The molecule has 1 saturated heterocycles. The summed E-state index contributed by atoms with van der Waals surface area (Å²) in [5, 5.41) is 4.31. The summed E-state index contributed by atoms with van der Waals surface area (Å²) in [4.78, 5) is 11.7. The van der Waals surface area contributed by atoms with Gasteiger partial charge in [0.05, 0.1) is 21.9 Å². The van der Waals surface area contributed by atoms with E-state index in [0.717, 1.165) is 55.3 Å². The van der Waals surface area contributed by atoms with E-state index in [1.165, 1.54) is 12.8 Å². The Morgan fingerprint density at radius 1 is 1.10 bits per heavy atom. The van der Waals surface area contributed by atoms with Crippen LogP contribution in [0.15, 0.2) is 36.8 Å². The predicted molar refractivity (Wildman–Crippen MR) is 118 cm³/mol. The van der Waals surface area contributed by atoms with Gasteiger partial charge in [-0.15, -0.1) is 0 Å². The number of nitrogens with zero attached hydrogens (tertiary/aromatic N) is 4. The van der Waals surface area contributed by atoms with Crippen LogP contribution in [0.25, 0.3) is 5.65 Å². The summed E-state index contributed by atoms with van der Waals surface area (Å²) < 4.78 is 2.04. The van der Waals surface area contributed by atoms with Gasteiger partial charge in [0.1, 0.15) is 5.69 Å². The lowest BCUT2D eigenvalue weighted by atomic mass is 9.74. The molecule has 0 bridgehead atoms. The van der Waals surface area contributed by atoms with Crippen LogP contribution in [0.1, 0.15) is 32.1 Å². The Bertz CT molecular complexity index is 1040. The average Bonchev–Trinajstić information content (AvgIpc) is 3.35. The van der Waals surface area contributed by atoms with Gasteiger partial charge in [-0.1, -0.05) is 35.7 Å². The molecule has 0 unspecified atom stereocenters. The maximum absolute atomic E-state index is 6.44. The normalized spacial score (nSPS) is 21.2. The van der Waals surface area contributed by atoms with Crippen molar-refractivity contribution < 1.29 is 0 Å². The van der Waals surface area contributed by atoms with Crippen molar-refractivity contribution in [2.24, 2.45) is 11.1 Å². The number of piperidine rings is 1. The highest BCUT2D eigenvalue weighted by Gasteiger charge is 2.43. The first-order chi connectivity index (χ1) is 14.1. The third kappa shape index (κ3) is 3.23. The van der Waals surface area contributed by atoms with Crippen molar-refractivity contribution in [1.82, 2.24) is 14.4 Å². The van der Waals surface area contributed by atoms with E-state index in [1.807, 2.05) is 28.9 Å². The van der Waals surface area contributed by atoms with Crippen LogP contribution in [-0.2, 0) is 0 Å². The molecule has 5 rings (SSSR count). The molecular weight excluding hydrogens is 407 g/mol. The van der Waals surface area contributed by atoms with Gasteiger partial charge in [-0.2, -0.15) is 0 Å². The Balaban J connectivity index is 1.42. The van der Waals surface area contributed by atoms with E-state index in [1.54, 1.807) is 12.3 Å². The minimum atomic E-state index is 0.329.